The monoisotopic (exact) mass is 325 g/mol. The van der Waals surface area contributed by atoms with Crippen LogP contribution < -0.4 is 5.73 Å². The van der Waals surface area contributed by atoms with Crippen molar-refractivity contribution >= 4 is 24.0 Å². The van der Waals surface area contributed by atoms with Gasteiger partial charge in [-0.15, -0.1) is 12.4 Å². The van der Waals surface area contributed by atoms with E-state index in [9.17, 15) is 13.9 Å². The minimum atomic E-state index is -0.994. The van der Waals surface area contributed by atoms with Crippen molar-refractivity contribution < 1.29 is 13.9 Å². The molecule has 0 bridgehead atoms. The summed E-state index contributed by atoms with van der Waals surface area (Å²) in [5, 5.41) is 9.93. The molecular formula is C14H19Cl2F2NO. The van der Waals surface area contributed by atoms with Crippen molar-refractivity contribution in [2.45, 2.75) is 44.2 Å². The molecule has 2 rings (SSSR count). The van der Waals surface area contributed by atoms with Crippen LogP contribution in [0.5, 0.6) is 0 Å². The highest BCUT2D eigenvalue weighted by atomic mass is 35.5. The molecule has 0 heterocycles. The van der Waals surface area contributed by atoms with E-state index in [0.717, 1.165) is 44.2 Å². The highest BCUT2D eigenvalue weighted by Gasteiger charge is 2.31. The number of rotatable bonds is 3. The van der Waals surface area contributed by atoms with E-state index in [1.807, 2.05) is 0 Å². The predicted molar refractivity (Wildman–Crippen MR) is 78.1 cm³/mol. The molecule has 0 aliphatic heterocycles. The number of aliphatic hydroxyl groups excluding tert-OH is 1. The maximum absolute atomic E-state index is 13.8. The van der Waals surface area contributed by atoms with Gasteiger partial charge in [0, 0.05) is 5.56 Å². The van der Waals surface area contributed by atoms with E-state index in [-0.39, 0.29) is 28.9 Å². The van der Waals surface area contributed by atoms with E-state index in [2.05, 4.69) is 0 Å². The molecule has 6 heteroatoms. The van der Waals surface area contributed by atoms with Gasteiger partial charge in [-0.05, 0) is 30.9 Å². The summed E-state index contributed by atoms with van der Waals surface area (Å²) in [6.45, 7) is 0. The summed E-state index contributed by atoms with van der Waals surface area (Å²) in [7, 11) is 0. The van der Waals surface area contributed by atoms with Gasteiger partial charge >= 0.3 is 0 Å². The fourth-order valence-corrected chi connectivity index (χ4v) is 3.07. The van der Waals surface area contributed by atoms with E-state index in [0.29, 0.717) is 0 Å². The molecule has 0 saturated heterocycles. The zero-order valence-corrected chi connectivity index (χ0v) is 12.6. The average Bonchev–Trinajstić information content (AvgIpc) is 2.43. The van der Waals surface area contributed by atoms with Gasteiger partial charge in [0.2, 0.25) is 0 Å². The van der Waals surface area contributed by atoms with Crippen molar-refractivity contribution in [2.75, 3.05) is 0 Å². The molecule has 114 valence electrons. The summed E-state index contributed by atoms with van der Waals surface area (Å²) < 4.78 is 27.2. The Hall–Kier alpha value is -0.420. The lowest BCUT2D eigenvalue weighted by molar-refractivity contribution is 0.0607. The molecule has 0 amide bonds. The van der Waals surface area contributed by atoms with E-state index >= 15 is 0 Å². The smallest absolute Gasteiger partial charge is 0.142 e. The second kappa shape index (κ2) is 7.55. The highest BCUT2D eigenvalue weighted by Crippen LogP contribution is 2.35. The first kappa shape index (κ1) is 17.6. The average molecular weight is 326 g/mol. The molecule has 1 aromatic carbocycles. The van der Waals surface area contributed by atoms with Gasteiger partial charge in [0.1, 0.15) is 11.6 Å². The third-order valence-corrected chi connectivity index (χ3v) is 4.30. The summed E-state index contributed by atoms with van der Waals surface area (Å²) in [4.78, 5) is 0. The lowest BCUT2D eigenvalue weighted by Crippen LogP contribution is -2.35. The summed E-state index contributed by atoms with van der Waals surface area (Å²) in [6.07, 6.45) is 4.05. The Morgan fingerprint density at radius 2 is 1.70 bits per heavy atom. The fraction of sp³-hybridized carbons (Fsp3) is 0.571. The molecule has 0 aromatic heterocycles. The van der Waals surface area contributed by atoms with Crippen molar-refractivity contribution in [3.8, 4) is 0 Å². The van der Waals surface area contributed by atoms with Crippen LogP contribution in [0.25, 0.3) is 0 Å². The van der Waals surface area contributed by atoms with E-state index in [1.54, 1.807) is 0 Å². The maximum Gasteiger partial charge on any atom is 0.142 e. The quantitative estimate of drug-likeness (QED) is 0.825. The molecular weight excluding hydrogens is 307 g/mol. The van der Waals surface area contributed by atoms with Crippen LogP contribution in [0.2, 0.25) is 5.02 Å². The number of hydrogen-bond donors (Lipinski definition) is 2. The molecule has 2 nitrogen and oxygen atoms in total. The van der Waals surface area contributed by atoms with Gasteiger partial charge in [-0.2, -0.15) is 0 Å². The Balaban J connectivity index is 0.00000200. The SMILES string of the molecule is Cl.N[C@H](c1c(F)ccc(F)c1Cl)[C@@H](O)C1CCCCC1. The summed E-state index contributed by atoms with van der Waals surface area (Å²) in [6, 6.07) is 0.955. The van der Waals surface area contributed by atoms with Crippen LogP contribution in [0, 0.1) is 17.6 Å². The normalized spacial score (nSPS) is 19.2. The number of benzene rings is 1. The molecule has 1 saturated carbocycles. The standard InChI is InChI=1S/C14H18ClF2NO.ClH/c15-12-10(17)7-6-9(16)11(12)13(18)14(19)8-4-2-1-3-5-8;/h6-8,13-14,19H,1-5,18H2;1H/t13-,14+;/m1./s1. The zero-order valence-electron chi connectivity index (χ0n) is 11.0. The third-order valence-electron chi connectivity index (χ3n) is 3.91. The van der Waals surface area contributed by atoms with Crippen molar-refractivity contribution in [1.82, 2.24) is 0 Å². The molecule has 3 N–H and O–H groups in total. The molecule has 0 radical (unpaired) electrons. The maximum atomic E-state index is 13.8. The van der Waals surface area contributed by atoms with E-state index in [1.165, 1.54) is 0 Å². The summed E-state index contributed by atoms with van der Waals surface area (Å²) >= 11 is 5.77. The number of hydrogen-bond acceptors (Lipinski definition) is 2. The number of nitrogens with two attached hydrogens (primary N) is 1. The van der Waals surface area contributed by atoms with E-state index in [4.69, 9.17) is 17.3 Å². The fourth-order valence-electron chi connectivity index (χ4n) is 2.79. The lowest BCUT2D eigenvalue weighted by Gasteiger charge is -2.31. The zero-order chi connectivity index (χ0) is 14.0. The van der Waals surface area contributed by atoms with Gasteiger partial charge < -0.3 is 10.8 Å². The van der Waals surface area contributed by atoms with Gasteiger partial charge in [-0.1, -0.05) is 30.9 Å². The molecule has 1 fully saturated rings. The first-order valence-electron chi connectivity index (χ1n) is 6.59. The van der Waals surface area contributed by atoms with Crippen LogP contribution >= 0.6 is 24.0 Å². The van der Waals surface area contributed by atoms with Crippen molar-refractivity contribution in [3.63, 3.8) is 0 Å². The third kappa shape index (κ3) is 3.61. The number of halogens is 4. The van der Waals surface area contributed by atoms with Crippen molar-refractivity contribution in [1.29, 1.82) is 0 Å². The highest BCUT2D eigenvalue weighted by molar-refractivity contribution is 6.31. The van der Waals surface area contributed by atoms with Gasteiger partial charge in [-0.25, -0.2) is 8.78 Å². The first-order valence-corrected chi connectivity index (χ1v) is 6.97. The Bertz CT molecular complexity index is 453. The van der Waals surface area contributed by atoms with Crippen molar-refractivity contribution in [3.05, 3.63) is 34.4 Å². The topological polar surface area (TPSA) is 46.2 Å². The van der Waals surface area contributed by atoms with Crippen LogP contribution in [-0.2, 0) is 0 Å². The van der Waals surface area contributed by atoms with Crippen molar-refractivity contribution in [2.24, 2.45) is 11.7 Å². The first-order chi connectivity index (χ1) is 9.02. The second-order valence-electron chi connectivity index (χ2n) is 5.17. The second-order valence-corrected chi connectivity index (χ2v) is 5.55. The number of aliphatic hydroxyl groups is 1. The summed E-state index contributed by atoms with van der Waals surface area (Å²) in [5.41, 5.74) is 5.77. The van der Waals surface area contributed by atoms with Gasteiger partial charge in [0.15, 0.2) is 0 Å². The van der Waals surface area contributed by atoms with E-state index < -0.39 is 23.8 Å². The van der Waals surface area contributed by atoms with Crippen LogP contribution in [-0.4, -0.2) is 11.2 Å². The van der Waals surface area contributed by atoms with Gasteiger partial charge in [0.05, 0.1) is 17.2 Å². The van der Waals surface area contributed by atoms with Crippen LogP contribution in [0.1, 0.15) is 43.7 Å². The summed E-state index contributed by atoms with van der Waals surface area (Å²) in [5.74, 6) is -1.36. The minimum Gasteiger partial charge on any atom is -0.391 e. The van der Waals surface area contributed by atoms with Gasteiger partial charge in [-0.3, -0.25) is 0 Å². The molecule has 0 spiro atoms. The molecule has 1 aromatic rings. The molecule has 1 aliphatic carbocycles. The molecule has 0 unspecified atom stereocenters. The Kier molecular flexibility index (Phi) is 6.65. The molecule has 20 heavy (non-hydrogen) atoms. The molecule has 2 atom stereocenters. The molecule has 1 aliphatic rings. The van der Waals surface area contributed by atoms with Gasteiger partial charge in [0.25, 0.3) is 0 Å². The Labute approximate surface area is 128 Å². The lowest BCUT2D eigenvalue weighted by atomic mass is 9.81. The largest absolute Gasteiger partial charge is 0.391 e. The minimum absolute atomic E-state index is 0. The van der Waals surface area contributed by atoms with Crippen LogP contribution in [0.15, 0.2) is 12.1 Å². The Morgan fingerprint density at radius 1 is 1.15 bits per heavy atom. The Morgan fingerprint density at radius 3 is 2.30 bits per heavy atom. The van der Waals surface area contributed by atoms with Crippen LogP contribution in [0.3, 0.4) is 0 Å². The van der Waals surface area contributed by atoms with Crippen LogP contribution in [0.4, 0.5) is 8.78 Å². The predicted octanol–water partition coefficient (Wildman–Crippen LogP) is 3.98.